The van der Waals surface area contributed by atoms with Gasteiger partial charge in [-0.25, -0.2) is 0 Å². The maximum Gasteiger partial charge on any atom is 0.0741 e. The van der Waals surface area contributed by atoms with Crippen LogP contribution in [0.3, 0.4) is 0 Å². The molecule has 13 heavy (non-hydrogen) atoms. The third-order valence-corrected chi connectivity index (χ3v) is 2.37. The molecule has 0 fully saturated rings. The average Bonchev–Trinajstić information content (AvgIpc) is 1.98. The monoisotopic (exact) mass is 189 g/mol. The van der Waals surface area contributed by atoms with Crippen LogP contribution in [0.5, 0.6) is 0 Å². The van der Waals surface area contributed by atoms with Crippen molar-refractivity contribution in [3.63, 3.8) is 0 Å². The van der Waals surface area contributed by atoms with Gasteiger partial charge in [0.25, 0.3) is 0 Å². The molecule has 0 heterocycles. The first-order chi connectivity index (χ1) is 5.69. The molecule has 0 saturated carbocycles. The van der Waals surface area contributed by atoms with E-state index < -0.39 is 5.60 Å². The van der Waals surface area contributed by atoms with Crippen LogP contribution in [-0.4, -0.2) is 35.0 Å². The first-order valence-electron chi connectivity index (χ1n) is 4.76. The van der Waals surface area contributed by atoms with Crippen LogP contribution in [0, 0.1) is 5.41 Å². The molecule has 0 aromatic carbocycles. The summed E-state index contributed by atoms with van der Waals surface area (Å²) in [5.41, 5.74) is -0.842. The van der Waals surface area contributed by atoms with E-state index in [1.165, 1.54) is 0 Å². The lowest BCUT2D eigenvalue weighted by molar-refractivity contribution is 0.0374. The van der Waals surface area contributed by atoms with E-state index in [4.69, 9.17) is 5.11 Å². The van der Waals surface area contributed by atoms with E-state index in [0.717, 1.165) is 0 Å². The van der Waals surface area contributed by atoms with Gasteiger partial charge in [-0.2, -0.15) is 0 Å². The molecule has 0 amide bonds. The minimum atomic E-state index is -0.717. The summed E-state index contributed by atoms with van der Waals surface area (Å²) in [4.78, 5) is 0. The fraction of sp³-hybridized carbons (Fsp3) is 1.00. The smallest absolute Gasteiger partial charge is 0.0741 e. The lowest BCUT2D eigenvalue weighted by atomic mass is 9.93. The molecule has 0 spiro atoms. The second-order valence-corrected chi connectivity index (χ2v) is 5.08. The van der Waals surface area contributed by atoms with Gasteiger partial charge in [0.1, 0.15) is 0 Å². The zero-order chi connectivity index (χ0) is 10.7. The maximum atomic E-state index is 9.63. The van der Waals surface area contributed by atoms with Crippen molar-refractivity contribution in [3.05, 3.63) is 0 Å². The molecule has 1 atom stereocenters. The third kappa shape index (κ3) is 5.24. The fourth-order valence-corrected chi connectivity index (χ4v) is 0.735. The normalized spacial score (nSPS) is 15.9. The molecular formula is C10H23NO2. The van der Waals surface area contributed by atoms with Crippen LogP contribution in [0.25, 0.3) is 0 Å². The van der Waals surface area contributed by atoms with Gasteiger partial charge in [0.05, 0.1) is 5.60 Å². The quantitative estimate of drug-likeness (QED) is 0.598. The number of aliphatic hydroxyl groups excluding tert-OH is 1. The van der Waals surface area contributed by atoms with Crippen LogP contribution in [0.15, 0.2) is 0 Å². The van der Waals surface area contributed by atoms with Crippen LogP contribution < -0.4 is 5.32 Å². The number of hydrogen-bond acceptors (Lipinski definition) is 3. The van der Waals surface area contributed by atoms with Crippen LogP contribution in [0.1, 0.15) is 34.6 Å². The Morgan fingerprint density at radius 2 is 1.69 bits per heavy atom. The van der Waals surface area contributed by atoms with Crippen molar-refractivity contribution in [1.29, 1.82) is 0 Å². The summed E-state index contributed by atoms with van der Waals surface area (Å²) in [5.74, 6) is 0. The Morgan fingerprint density at radius 3 is 2.00 bits per heavy atom. The summed E-state index contributed by atoms with van der Waals surface area (Å²) in [5, 5.41) is 21.8. The summed E-state index contributed by atoms with van der Waals surface area (Å²) < 4.78 is 0. The third-order valence-electron chi connectivity index (χ3n) is 2.37. The maximum absolute atomic E-state index is 9.63. The van der Waals surface area contributed by atoms with Crippen LogP contribution in [0.2, 0.25) is 0 Å². The van der Waals surface area contributed by atoms with E-state index in [2.05, 4.69) is 5.32 Å². The first-order valence-corrected chi connectivity index (χ1v) is 4.76. The van der Waals surface area contributed by atoms with Crippen molar-refractivity contribution in [2.75, 3.05) is 13.2 Å². The van der Waals surface area contributed by atoms with E-state index in [1.54, 1.807) is 13.8 Å². The summed E-state index contributed by atoms with van der Waals surface area (Å²) >= 11 is 0. The van der Waals surface area contributed by atoms with Gasteiger partial charge in [0.15, 0.2) is 0 Å². The molecule has 0 aromatic heterocycles. The van der Waals surface area contributed by atoms with Crippen LogP contribution in [0.4, 0.5) is 0 Å². The fourth-order valence-electron chi connectivity index (χ4n) is 0.735. The second-order valence-electron chi connectivity index (χ2n) is 5.08. The highest BCUT2D eigenvalue weighted by Gasteiger charge is 2.24. The van der Waals surface area contributed by atoms with Crippen molar-refractivity contribution < 1.29 is 10.2 Å². The number of hydrogen-bond donors (Lipinski definition) is 3. The highest BCUT2D eigenvalue weighted by atomic mass is 16.3. The standard InChI is InChI=1S/C10H23NO2/c1-8(10(4,5)13)11-6-9(2,3)7-12/h8,11-13H,6-7H2,1-5H3. The van der Waals surface area contributed by atoms with Gasteiger partial charge < -0.3 is 15.5 Å². The van der Waals surface area contributed by atoms with Crippen LogP contribution >= 0.6 is 0 Å². The Kier molecular flexibility index (Phi) is 4.36. The molecule has 3 heteroatoms. The van der Waals surface area contributed by atoms with E-state index >= 15 is 0 Å². The average molecular weight is 189 g/mol. The predicted molar refractivity (Wildman–Crippen MR) is 54.6 cm³/mol. The first kappa shape index (κ1) is 12.9. The Bertz CT molecular complexity index is 149. The lowest BCUT2D eigenvalue weighted by Gasteiger charge is -2.31. The van der Waals surface area contributed by atoms with Crippen molar-refractivity contribution in [2.24, 2.45) is 5.41 Å². The Hall–Kier alpha value is -0.120. The minimum absolute atomic E-state index is 0.0262. The van der Waals surface area contributed by atoms with E-state index in [0.29, 0.717) is 6.54 Å². The molecule has 0 bridgehead atoms. The Morgan fingerprint density at radius 1 is 1.23 bits per heavy atom. The minimum Gasteiger partial charge on any atom is -0.396 e. The second kappa shape index (κ2) is 4.40. The Labute approximate surface area is 81.2 Å². The molecule has 0 radical (unpaired) electrons. The highest BCUT2D eigenvalue weighted by Crippen LogP contribution is 2.14. The van der Waals surface area contributed by atoms with Gasteiger partial charge in [-0.05, 0) is 20.8 Å². The molecule has 3 nitrogen and oxygen atoms in total. The van der Waals surface area contributed by atoms with Gasteiger partial charge in [-0.3, -0.25) is 0 Å². The largest absolute Gasteiger partial charge is 0.396 e. The SMILES string of the molecule is CC(NCC(C)(C)CO)C(C)(C)O. The lowest BCUT2D eigenvalue weighted by Crippen LogP contribution is -2.48. The molecule has 0 aliphatic heterocycles. The van der Waals surface area contributed by atoms with Crippen LogP contribution in [-0.2, 0) is 0 Å². The molecule has 0 aliphatic carbocycles. The van der Waals surface area contributed by atoms with Gasteiger partial charge in [0, 0.05) is 24.6 Å². The summed E-state index contributed by atoms with van der Waals surface area (Å²) in [6, 6.07) is 0.0262. The van der Waals surface area contributed by atoms with Crippen molar-refractivity contribution in [1.82, 2.24) is 5.32 Å². The molecule has 0 saturated heterocycles. The summed E-state index contributed by atoms with van der Waals surface area (Å²) in [6.07, 6.45) is 0. The van der Waals surface area contributed by atoms with Gasteiger partial charge in [0.2, 0.25) is 0 Å². The predicted octanol–water partition coefficient (Wildman–Crippen LogP) is 0.754. The molecule has 0 aliphatic rings. The van der Waals surface area contributed by atoms with Gasteiger partial charge in [-0.1, -0.05) is 13.8 Å². The zero-order valence-corrected chi connectivity index (χ0v) is 9.39. The van der Waals surface area contributed by atoms with E-state index in [-0.39, 0.29) is 18.1 Å². The highest BCUT2D eigenvalue weighted by molar-refractivity contribution is 4.82. The van der Waals surface area contributed by atoms with E-state index in [9.17, 15) is 5.11 Å². The number of rotatable bonds is 5. The molecular weight excluding hydrogens is 166 g/mol. The molecule has 0 rings (SSSR count). The van der Waals surface area contributed by atoms with Gasteiger partial charge in [-0.15, -0.1) is 0 Å². The van der Waals surface area contributed by atoms with E-state index in [1.807, 2.05) is 20.8 Å². The van der Waals surface area contributed by atoms with Gasteiger partial charge >= 0.3 is 0 Å². The van der Waals surface area contributed by atoms with Crippen molar-refractivity contribution in [2.45, 2.75) is 46.3 Å². The molecule has 3 N–H and O–H groups in total. The number of aliphatic hydroxyl groups is 2. The van der Waals surface area contributed by atoms with Crippen molar-refractivity contribution in [3.8, 4) is 0 Å². The molecule has 80 valence electrons. The summed E-state index contributed by atoms with van der Waals surface area (Å²) in [6.45, 7) is 10.3. The topological polar surface area (TPSA) is 52.5 Å². The molecule has 0 aromatic rings. The zero-order valence-electron chi connectivity index (χ0n) is 9.39. The van der Waals surface area contributed by atoms with Crippen molar-refractivity contribution >= 4 is 0 Å². The molecule has 1 unspecified atom stereocenters. The Balaban J connectivity index is 3.90. The number of nitrogens with one attached hydrogen (secondary N) is 1. The summed E-state index contributed by atoms with van der Waals surface area (Å²) in [7, 11) is 0.